The molecule has 0 bridgehead atoms. The van der Waals surface area contributed by atoms with E-state index in [0.29, 0.717) is 0 Å². The first kappa shape index (κ1) is 11.0. The number of nitrogens with two attached hydrogens (primary N) is 1. The zero-order chi connectivity index (χ0) is 11.5. The Hall–Kier alpha value is -1.53. The summed E-state index contributed by atoms with van der Waals surface area (Å²) in [6, 6.07) is 10.7. The van der Waals surface area contributed by atoms with Crippen LogP contribution in [0.15, 0.2) is 24.3 Å². The van der Waals surface area contributed by atoms with E-state index in [2.05, 4.69) is 23.1 Å². The fraction of sp³-hybridized carbons (Fsp3) is 0.462. The molecular formula is C13H17N3. The van der Waals surface area contributed by atoms with Crippen molar-refractivity contribution >= 4 is 5.69 Å². The first-order valence-corrected chi connectivity index (χ1v) is 5.76. The molecule has 2 unspecified atom stereocenters. The average molecular weight is 215 g/mol. The summed E-state index contributed by atoms with van der Waals surface area (Å²) < 4.78 is 0. The lowest BCUT2D eigenvalue weighted by atomic mass is 9.96. The lowest BCUT2D eigenvalue weighted by Gasteiger charge is -2.37. The van der Waals surface area contributed by atoms with Crippen molar-refractivity contribution in [2.24, 2.45) is 5.73 Å². The van der Waals surface area contributed by atoms with Crippen molar-refractivity contribution in [1.82, 2.24) is 0 Å². The monoisotopic (exact) mass is 215 g/mol. The molecule has 1 aromatic carbocycles. The molecule has 2 atom stereocenters. The van der Waals surface area contributed by atoms with Gasteiger partial charge >= 0.3 is 0 Å². The average Bonchev–Trinajstić information content (AvgIpc) is 2.30. The second kappa shape index (κ2) is 4.54. The Morgan fingerprint density at radius 1 is 1.56 bits per heavy atom. The number of hydrogen-bond donors (Lipinski definition) is 1. The predicted molar refractivity (Wildman–Crippen MR) is 65.2 cm³/mol. The topological polar surface area (TPSA) is 53.0 Å². The zero-order valence-electron chi connectivity index (χ0n) is 9.56. The van der Waals surface area contributed by atoms with Gasteiger partial charge in [0.2, 0.25) is 0 Å². The van der Waals surface area contributed by atoms with E-state index >= 15 is 0 Å². The van der Waals surface area contributed by atoms with Gasteiger partial charge in [-0.05, 0) is 24.5 Å². The van der Waals surface area contributed by atoms with Crippen molar-refractivity contribution in [3.05, 3.63) is 29.8 Å². The van der Waals surface area contributed by atoms with Crippen molar-refractivity contribution in [1.29, 1.82) is 5.26 Å². The molecule has 0 amide bonds. The summed E-state index contributed by atoms with van der Waals surface area (Å²) in [6.07, 6.45) is 1.74. The van der Waals surface area contributed by atoms with E-state index in [4.69, 9.17) is 11.0 Å². The first-order chi connectivity index (χ1) is 7.76. The van der Waals surface area contributed by atoms with Crippen LogP contribution >= 0.6 is 0 Å². The molecule has 2 rings (SSSR count). The fourth-order valence-electron chi connectivity index (χ4n) is 2.34. The summed E-state index contributed by atoms with van der Waals surface area (Å²) in [7, 11) is 0. The molecule has 0 saturated heterocycles. The highest BCUT2D eigenvalue weighted by molar-refractivity contribution is 5.57. The molecule has 0 spiro atoms. The summed E-state index contributed by atoms with van der Waals surface area (Å²) in [5, 5.41) is 9.16. The van der Waals surface area contributed by atoms with Crippen molar-refractivity contribution in [3.8, 4) is 6.07 Å². The van der Waals surface area contributed by atoms with E-state index in [1.165, 1.54) is 11.3 Å². The summed E-state index contributed by atoms with van der Waals surface area (Å²) in [4.78, 5) is 2.14. The van der Waals surface area contributed by atoms with Crippen molar-refractivity contribution < 1.29 is 0 Å². The smallest absolute Gasteiger partial charge is 0.116 e. The van der Waals surface area contributed by atoms with Crippen LogP contribution in [-0.4, -0.2) is 18.6 Å². The third-order valence-corrected chi connectivity index (χ3v) is 3.13. The maximum atomic E-state index is 9.16. The molecule has 0 aliphatic carbocycles. The molecule has 3 nitrogen and oxygen atoms in total. The predicted octanol–water partition coefficient (Wildman–Crippen LogP) is 1.68. The first-order valence-electron chi connectivity index (χ1n) is 5.76. The molecule has 1 aliphatic heterocycles. The number of nitrogens with zero attached hydrogens (tertiary/aromatic N) is 2. The minimum atomic E-state index is -0.0625. The molecule has 0 fully saturated rings. The van der Waals surface area contributed by atoms with Crippen molar-refractivity contribution in [3.63, 3.8) is 0 Å². The van der Waals surface area contributed by atoms with Gasteiger partial charge in [-0.3, -0.25) is 0 Å². The van der Waals surface area contributed by atoms with E-state index < -0.39 is 0 Å². The Kier molecular flexibility index (Phi) is 3.12. The lowest BCUT2D eigenvalue weighted by Crippen LogP contribution is -2.47. The Labute approximate surface area is 96.5 Å². The van der Waals surface area contributed by atoms with Crippen LogP contribution in [0.25, 0.3) is 0 Å². The van der Waals surface area contributed by atoms with Crippen LogP contribution in [0.3, 0.4) is 0 Å². The molecule has 1 aromatic rings. The molecule has 84 valence electrons. The van der Waals surface area contributed by atoms with E-state index in [0.717, 1.165) is 19.4 Å². The molecule has 0 saturated carbocycles. The van der Waals surface area contributed by atoms with Gasteiger partial charge in [-0.25, -0.2) is 0 Å². The van der Waals surface area contributed by atoms with Crippen molar-refractivity contribution in [2.75, 3.05) is 11.4 Å². The van der Waals surface area contributed by atoms with Crippen LogP contribution in [0, 0.1) is 11.3 Å². The van der Waals surface area contributed by atoms with Crippen LogP contribution in [0.5, 0.6) is 0 Å². The maximum Gasteiger partial charge on any atom is 0.116 e. The lowest BCUT2D eigenvalue weighted by molar-refractivity contribution is 0.562. The van der Waals surface area contributed by atoms with E-state index in [1.54, 1.807) is 0 Å². The highest BCUT2D eigenvalue weighted by atomic mass is 15.2. The van der Waals surface area contributed by atoms with Gasteiger partial charge in [0.1, 0.15) is 6.04 Å². The second-order valence-corrected chi connectivity index (χ2v) is 4.30. The minimum Gasteiger partial charge on any atom is -0.354 e. The van der Waals surface area contributed by atoms with Crippen LogP contribution in [-0.2, 0) is 6.42 Å². The number of benzene rings is 1. The largest absolute Gasteiger partial charge is 0.354 e. The molecule has 1 heterocycles. The van der Waals surface area contributed by atoms with Gasteiger partial charge < -0.3 is 10.6 Å². The van der Waals surface area contributed by atoms with Crippen LogP contribution in [0.4, 0.5) is 5.69 Å². The summed E-state index contributed by atoms with van der Waals surface area (Å²) in [5.41, 5.74) is 8.47. The van der Waals surface area contributed by atoms with E-state index in [9.17, 15) is 0 Å². The van der Waals surface area contributed by atoms with Gasteiger partial charge in [-0.15, -0.1) is 0 Å². The van der Waals surface area contributed by atoms with Crippen LogP contribution in [0.2, 0.25) is 0 Å². The molecular weight excluding hydrogens is 198 g/mol. The number of anilines is 1. The Morgan fingerprint density at radius 3 is 3.00 bits per heavy atom. The quantitative estimate of drug-likeness (QED) is 0.816. The molecule has 0 radical (unpaired) electrons. The van der Waals surface area contributed by atoms with Gasteiger partial charge in [0.25, 0.3) is 0 Å². The van der Waals surface area contributed by atoms with Gasteiger partial charge in [-0.1, -0.05) is 25.1 Å². The van der Waals surface area contributed by atoms with Crippen molar-refractivity contribution in [2.45, 2.75) is 31.8 Å². The van der Waals surface area contributed by atoms with Gasteiger partial charge in [-0.2, -0.15) is 5.26 Å². The van der Waals surface area contributed by atoms with Gasteiger partial charge in [0.15, 0.2) is 0 Å². The molecule has 2 N–H and O–H groups in total. The molecule has 1 aliphatic rings. The van der Waals surface area contributed by atoms with Gasteiger partial charge in [0.05, 0.1) is 6.07 Å². The van der Waals surface area contributed by atoms with E-state index in [-0.39, 0.29) is 12.1 Å². The maximum absolute atomic E-state index is 9.16. The second-order valence-electron chi connectivity index (χ2n) is 4.30. The third-order valence-electron chi connectivity index (χ3n) is 3.13. The molecule has 16 heavy (non-hydrogen) atoms. The van der Waals surface area contributed by atoms with E-state index in [1.807, 2.05) is 19.1 Å². The van der Waals surface area contributed by atoms with Gasteiger partial charge in [0, 0.05) is 18.3 Å². The molecule has 3 heteroatoms. The Bertz CT molecular complexity index is 408. The normalized spacial score (nSPS) is 21.1. The number of fused-ring (bicyclic) bond motifs is 1. The van der Waals surface area contributed by atoms with Crippen LogP contribution < -0.4 is 10.6 Å². The summed E-state index contributed by atoms with van der Waals surface area (Å²) in [5.74, 6) is 0. The standard InChI is InChI=1S/C13H17N3/c1-2-12(8-14)16-9-11(15)7-10-5-3-4-6-13(10)16/h3-6,11-12H,2,7,9,15H2,1H3. The van der Waals surface area contributed by atoms with Crippen LogP contribution in [0.1, 0.15) is 18.9 Å². The molecule has 0 aromatic heterocycles. The summed E-state index contributed by atoms with van der Waals surface area (Å²) >= 11 is 0. The number of para-hydroxylation sites is 1. The number of nitriles is 1. The Morgan fingerprint density at radius 2 is 2.31 bits per heavy atom. The number of hydrogen-bond acceptors (Lipinski definition) is 3. The highest BCUT2D eigenvalue weighted by Crippen LogP contribution is 2.28. The number of rotatable bonds is 2. The zero-order valence-corrected chi connectivity index (χ0v) is 9.56. The highest BCUT2D eigenvalue weighted by Gasteiger charge is 2.26. The summed E-state index contributed by atoms with van der Waals surface area (Å²) in [6.45, 7) is 2.82. The SMILES string of the molecule is CCC(C#N)N1CC(N)Cc2ccccc21. The minimum absolute atomic E-state index is 0.0625. The Balaban J connectivity index is 2.37. The third kappa shape index (κ3) is 1.89. The fourth-order valence-corrected chi connectivity index (χ4v) is 2.34.